The van der Waals surface area contributed by atoms with Gasteiger partial charge in [0.05, 0.1) is 16.9 Å². The van der Waals surface area contributed by atoms with Crippen molar-refractivity contribution in [2.45, 2.75) is 95.5 Å². The number of nitrogens with zero attached hydrogens (tertiary/aromatic N) is 4. The van der Waals surface area contributed by atoms with Crippen LogP contribution >= 0.6 is 0 Å². The normalized spacial score (nSPS) is 22.2. The lowest BCUT2D eigenvalue weighted by atomic mass is 9.83. The number of sulfone groups is 1. The highest BCUT2D eigenvalue weighted by Crippen LogP contribution is 2.37. The predicted octanol–water partition coefficient (Wildman–Crippen LogP) is 4.33. The zero-order valence-corrected chi connectivity index (χ0v) is 22.6. The molecule has 11 heteroatoms. The maximum atomic E-state index is 12.9. The Kier molecular flexibility index (Phi) is 7.14. The number of hydrogen-bond donors (Lipinski definition) is 1. The summed E-state index contributed by atoms with van der Waals surface area (Å²) in [6.45, 7) is 9.27. The standard InChI is InChI=1S/C25H35N5O5S/c1-15-22(29-20-10-11-21(28-16(20)2)36(6,32)33)26-14-27-23(15)34-19-12-17-8-7-9-18(13-19)30(17)24(31)35-25(3,4)5/h10-11,14,17-19H,7-9,12-13H2,1-6H3,(H,26,27,29). The van der Waals surface area contributed by atoms with Gasteiger partial charge in [-0.25, -0.2) is 28.2 Å². The molecule has 0 aliphatic carbocycles. The largest absolute Gasteiger partial charge is 0.474 e. The molecule has 196 valence electrons. The molecule has 1 N–H and O–H groups in total. The van der Waals surface area contributed by atoms with Crippen molar-refractivity contribution in [2.75, 3.05) is 11.6 Å². The quantitative estimate of drug-likeness (QED) is 0.617. The van der Waals surface area contributed by atoms with Gasteiger partial charge in [0.25, 0.3) is 0 Å². The van der Waals surface area contributed by atoms with E-state index >= 15 is 0 Å². The lowest BCUT2D eigenvalue weighted by Crippen LogP contribution is -2.57. The molecule has 0 radical (unpaired) electrons. The third-order valence-electron chi connectivity index (χ3n) is 6.55. The Morgan fingerprint density at radius 1 is 1.11 bits per heavy atom. The zero-order valence-electron chi connectivity index (χ0n) is 21.7. The topological polar surface area (TPSA) is 124 Å². The number of piperidine rings is 2. The Labute approximate surface area is 212 Å². The molecule has 4 rings (SSSR count). The van der Waals surface area contributed by atoms with Gasteiger partial charge in [0.2, 0.25) is 5.88 Å². The van der Waals surface area contributed by atoms with Gasteiger partial charge in [0.15, 0.2) is 14.9 Å². The number of aryl methyl sites for hydroxylation is 1. The molecule has 2 bridgehead atoms. The van der Waals surface area contributed by atoms with Crippen LogP contribution in [0.5, 0.6) is 5.88 Å². The van der Waals surface area contributed by atoms with Gasteiger partial charge in [0, 0.05) is 31.2 Å². The van der Waals surface area contributed by atoms with Crippen molar-refractivity contribution in [3.63, 3.8) is 0 Å². The highest BCUT2D eigenvalue weighted by atomic mass is 32.2. The van der Waals surface area contributed by atoms with Gasteiger partial charge in [-0.3, -0.25) is 0 Å². The van der Waals surface area contributed by atoms with Gasteiger partial charge in [-0.05, 0) is 66.0 Å². The van der Waals surface area contributed by atoms with Crippen molar-refractivity contribution < 1.29 is 22.7 Å². The first-order valence-corrected chi connectivity index (χ1v) is 14.2. The number of anilines is 2. The molecule has 2 aromatic rings. The van der Waals surface area contributed by atoms with Gasteiger partial charge in [-0.15, -0.1) is 0 Å². The minimum atomic E-state index is -3.39. The van der Waals surface area contributed by atoms with Gasteiger partial charge in [-0.1, -0.05) is 0 Å². The molecule has 0 spiro atoms. The highest BCUT2D eigenvalue weighted by Gasteiger charge is 2.43. The first kappa shape index (κ1) is 26.1. The number of fused-ring (bicyclic) bond motifs is 2. The smallest absolute Gasteiger partial charge is 0.410 e. The van der Waals surface area contributed by atoms with Crippen molar-refractivity contribution in [1.82, 2.24) is 19.9 Å². The van der Waals surface area contributed by atoms with E-state index in [2.05, 4.69) is 20.3 Å². The average Bonchev–Trinajstić information content (AvgIpc) is 2.75. The van der Waals surface area contributed by atoms with E-state index < -0.39 is 15.4 Å². The summed E-state index contributed by atoms with van der Waals surface area (Å²) in [5.41, 5.74) is 1.40. The molecule has 0 aromatic carbocycles. The number of carbonyl (C=O) groups is 1. The van der Waals surface area contributed by atoms with Crippen LogP contribution in [0.1, 0.15) is 64.1 Å². The number of carbonyl (C=O) groups excluding carboxylic acids is 1. The van der Waals surface area contributed by atoms with Gasteiger partial charge in [0.1, 0.15) is 23.9 Å². The van der Waals surface area contributed by atoms with Gasteiger partial charge < -0.3 is 19.7 Å². The predicted molar refractivity (Wildman–Crippen MR) is 135 cm³/mol. The third kappa shape index (κ3) is 5.88. The fraction of sp³-hybridized carbons (Fsp3) is 0.600. The zero-order chi connectivity index (χ0) is 26.3. The van der Waals surface area contributed by atoms with Crippen molar-refractivity contribution in [2.24, 2.45) is 0 Å². The molecule has 2 saturated heterocycles. The van der Waals surface area contributed by atoms with Crippen molar-refractivity contribution in [1.29, 1.82) is 0 Å². The summed E-state index contributed by atoms with van der Waals surface area (Å²) in [4.78, 5) is 27.7. The summed E-state index contributed by atoms with van der Waals surface area (Å²) < 4.78 is 35.6. The fourth-order valence-electron chi connectivity index (χ4n) is 4.88. The molecule has 36 heavy (non-hydrogen) atoms. The Bertz CT molecular complexity index is 1230. The van der Waals surface area contributed by atoms with Crippen LogP contribution < -0.4 is 10.1 Å². The Balaban J connectivity index is 1.48. The summed E-state index contributed by atoms with van der Waals surface area (Å²) in [5, 5.41) is 3.25. The molecule has 2 fully saturated rings. The van der Waals surface area contributed by atoms with Crippen molar-refractivity contribution in [3.8, 4) is 5.88 Å². The van der Waals surface area contributed by atoms with Crippen molar-refractivity contribution >= 4 is 27.4 Å². The Hall–Kier alpha value is -2.95. The lowest BCUT2D eigenvalue weighted by Gasteiger charge is -2.48. The monoisotopic (exact) mass is 517 g/mol. The highest BCUT2D eigenvalue weighted by molar-refractivity contribution is 7.90. The first-order valence-electron chi connectivity index (χ1n) is 12.3. The van der Waals surface area contributed by atoms with Crippen LogP contribution in [0.4, 0.5) is 16.3 Å². The fourth-order valence-corrected chi connectivity index (χ4v) is 5.50. The molecule has 2 atom stereocenters. The Morgan fingerprint density at radius 3 is 2.36 bits per heavy atom. The molecule has 1 amide bonds. The second kappa shape index (κ2) is 9.84. The summed E-state index contributed by atoms with van der Waals surface area (Å²) in [5.74, 6) is 1.04. The van der Waals surface area contributed by atoms with Crippen LogP contribution in [0.25, 0.3) is 0 Å². The lowest BCUT2D eigenvalue weighted by molar-refractivity contribution is -0.0413. The number of aromatic nitrogens is 3. The second-order valence-corrected chi connectivity index (χ2v) is 12.6. The number of hydrogen-bond acceptors (Lipinski definition) is 9. The number of rotatable bonds is 5. The van der Waals surface area contributed by atoms with E-state index in [4.69, 9.17) is 9.47 Å². The van der Waals surface area contributed by atoms with Crippen LogP contribution in [-0.2, 0) is 14.6 Å². The molecule has 0 saturated carbocycles. The first-order chi connectivity index (χ1) is 16.8. The maximum absolute atomic E-state index is 12.9. The number of pyridine rings is 1. The molecular weight excluding hydrogens is 482 g/mol. The van der Waals surface area contributed by atoms with E-state index in [9.17, 15) is 13.2 Å². The summed E-state index contributed by atoms with van der Waals surface area (Å²) in [6.07, 6.45) is 6.65. The minimum absolute atomic E-state index is 0.0252. The maximum Gasteiger partial charge on any atom is 0.410 e. The van der Waals surface area contributed by atoms with E-state index in [0.717, 1.165) is 43.9 Å². The minimum Gasteiger partial charge on any atom is -0.474 e. The second-order valence-electron chi connectivity index (χ2n) is 10.7. The molecular formula is C25H35N5O5S. The molecule has 2 aliphatic rings. The van der Waals surface area contributed by atoms with Crippen LogP contribution in [0, 0.1) is 13.8 Å². The summed E-state index contributed by atoms with van der Waals surface area (Å²) in [6, 6.07) is 3.31. The van der Waals surface area contributed by atoms with Crippen LogP contribution in [0.2, 0.25) is 0 Å². The van der Waals surface area contributed by atoms with E-state index in [-0.39, 0.29) is 29.3 Å². The van der Waals surface area contributed by atoms with Crippen LogP contribution in [-0.4, -0.2) is 64.4 Å². The molecule has 2 unspecified atom stereocenters. The van der Waals surface area contributed by atoms with Crippen molar-refractivity contribution in [3.05, 3.63) is 29.7 Å². The molecule has 4 heterocycles. The average molecular weight is 518 g/mol. The van der Waals surface area contributed by atoms with E-state index in [1.165, 1.54) is 12.4 Å². The molecule has 10 nitrogen and oxygen atoms in total. The molecule has 2 aromatic heterocycles. The van der Waals surface area contributed by atoms with Gasteiger partial charge >= 0.3 is 6.09 Å². The van der Waals surface area contributed by atoms with Crippen LogP contribution in [0.3, 0.4) is 0 Å². The summed E-state index contributed by atoms with van der Waals surface area (Å²) in [7, 11) is -3.39. The van der Waals surface area contributed by atoms with E-state index in [0.29, 0.717) is 23.1 Å². The van der Waals surface area contributed by atoms with Crippen LogP contribution in [0.15, 0.2) is 23.5 Å². The SMILES string of the molecule is Cc1nc(S(C)(=O)=O)ccc1Nc1ncnc(OC2CC3CCCC(C2)N3C(=O)OC(C)(C)C)c1C. The van der Waals surface area contributed by atoms with Gasteiger partial charge in [-0.2, -0.15) is 0 Å². The van der Waals surface area contributed by atoms with E-state index in [1.807, 2.05) is 32.6 Å². The third-order valence-corrected chi connectivity index (χ3v) is 7.53. The Morgan fingerprint density at radius 2 is 1.78 bits per heavy atom. The summed E-state index contributed by atoms with van der Waals surface area (Å²) >= 11 is 0. The van der Waals surface area contributed by atoms with E-state index in [1.54, 1.807) is 13.0 Å². The number of amides is 1. The number of ether oxygens (including phenoxy) is 2. The molecule has 2 aliphatic heterocycles. The number of nitrogens with one attached hydrogen (secondary N) is 1.